The van der Waals surface area contributed by atoms with Gasteiger partial charge in [-0.05, 0) is 49.2 Å². The minimum absolute atomic E-state index is 0.00722. The Morgan fingerprint density at radius 2 is 1.78 bits per heavy atom. The molecule has 7 nitrogen and oxygen atoms in total. The lowest BCUT2D eigenvalue weighted by Crippen LogP contribution is -2.33. The summed E-state index contributed by atoms with van der Waals surface area (Å²) in [6, 6.07) is 14.2. The van der Waals surface area contributed by atoms with Crippen molar-refractivity contribution in [1.29, 1.82) is 0 Å². The smallest absolute Gasteiger partial charge is 0.262 e. The van der Waals surface area contributed by atoms with Gasteiger partial charge in [0.15, 0.2) is 5.16 Å². The summed E-state index contributed by atoms with van der Waals surface area (Å²) in [7, 11) is 3.20. The molecule has 1 aromatic heterocycles. The second kappa shape index (κ2) is 10.7. The maximum atomic E-state index is 13.3. The highest BCUT2D eigenvalue weighted by Gasteiger charge is 2.27. The first-order valence-corrected chi connectivity index (χ1v) is 11.4. The number of ether oxygens (including phenoxy) is 2. The number of rotatable bonds is 9. The Bertz CT molecular complexity index is 1130. The molecule has 2 aromatic carbocycles. The fourth-order valence-electron chi connectivity index (χ4n) is 3.41. The monoisotopic (exact) mass is 455 g/mol. The van der Waals surface area contributed by atoms with Crippen LogP contribution in [0.25, 0.3) is 10.9 Å². The highest BCUT2D eigenvalue weighted by Crippen LogP contribution is 2.30. The van der Waals surface area contributed by atoms with Crippen molar-refractivity contribution in [2.24, 2.45) is 5.92 Å². The second-order valence-electron chi connectivity index (χ2n) is 7.89. The first-order valence-electron chi connectivity index (χ1n) is 10.5. The summed E-state index contributed by atoms with van der Waals surface area (Å²) < 4.78 is 12.1. The molecule has 0 saturated carbocycles. The average molecular weight is 456 g/mol. The number of nitrogens with one attached hydrogen (secondary N) is 1. The number of para-hydroxylation sites is 1. The van der Waals surface area contributed by atoms with Gasteiger partial charge in [-0.25, -0.2) is 4.98 Å². The first-order chi connectivity index (χ1) is 15.3. The zero-order valence-corrected chi connectivity index (χ0v) is 19.8. The predicted molar refractivity (Wildman–Crippen MR) is 129 cm³/mol. The van der Waals surface area contributed by atoms with Crippen molar-refractivity contribution in [1.82, 2.24) is 9.55 Å². The highest BCUT2D eigenvalue weighted by atomic mass is 32.2. The van der Waals surface area contributed by atoms with Crippen molar-refractivity contribution >= 4 is 34.3 Å². The van der Waals surface area contributed by atoms with Crippen molar-refractivity contribution in [2.75, 3.05) is 26.1 Å². The van der Waals surface area contributed by atoms with Crippen LogP contribution < -0.4 is 15.6 Å². The average Bonchev–Trinajstić information content (AvgIpc) is 2.78. The van der Waals surface area contributed by atoms with Crippen LogP contribution in [0.5, 0.6) is 5.75 Å². The van der Waals surface area contributed by atoms with Gasteiger partial charge < -0.3 is 14.8 Å². The van der Waals surface area contributed by atoms with E-state index in [9.17, 15) is 9.59 Å². The van der Waals surface area contributed by atoms with E-state index in [0.29, 0.717) is 34.1 Å². The minimum atomic E-state index is -0.453. The predicted octanol–water partition coefficient (Wildman–Crippen LogP) is 4.37. The van der Waals surface area contributed by atoms with Gasteiger partial charge in [0.05, 0.1) is 35.9 Å². The molecule has 0 fully saturated rings. The number of aromatic nitrogens is 2. The van der Waals surface area contributed by atoms with E-state index in [0.717, 1.165) is 0 Å². The normalized spacial score (nSPS) is 13.2. The molecule has 0 radical (unpaired) electrons. The summed E-state index contributed by atoms with van der Waals surface area (Å²) in [6.45, 7) is 6.23. The lowest BCUT2D eigenvalue weighted by Gasteiger charge is -2.24. The molecule has 3 aromatic rings. The van der Waals surface area contributed by atoms with Crippen LogP contribution in [0.15, 0.2) is 58.5 Å². The van der Waals surface area contributed by atoms with Gasteiger partial charge in [-0.3, -0.25) is 14.2 Å². The van der Waals surface area contributed by atoms with Gasteiger partial charge in [-0.1, -0.05) is 37.7 Å². The van der Waals surface area contributed by atoms with Crippen molar-refractivity contribution in [3.05, 3.63) is 58.9 Å². The number of fused-ring (bicyclic) bond motifs is 1. The van der Waals surface area contributed by atoms with Gasteiger partial charge in [-0.15, -0.1) is 0 Å². The van der Waals surface area contributed by atoms with Crippen molar-refractivity contribution in [3.63, 3.8) is 0 Å². The van der Waals surface area contributed by atoms with Crippen LogP contribution >= 0.6 is 11.8 Å². The van der Waals surface area contributed by atoms with E-state index in [1.165, 1.54) is 11.8 Å². The van der Waals surface area contributed by atoms with Crippen LogP contribution in [-0.2, 0) is 9.53 Å². The Balaban J connectivity index is 1.96. The fraction of sp³-hybridized carbons (Fsp3) is 0.375. The Morgan fingerprint density at radius 3 is 2.41 bits per heavy atom. The molecular formula is C24H29N3O4S. The minimum Gasteiger partial charge on any atom is -0.497 e. The quantitative estimate of drug-likeness (QED) is 0.381. The zero-order chi connectivity index (χ0) is 23.3. The van der Waals surface area contributed by atoms with Gasteiger partial charge >= 0.3 is 0 Å². The SMILES string of the molecule is COC[C@@H](C)n1c(S[C@@H](C(=O)Nc2ccc(OC)cc2)C(C)C)nc2ccccc2c1=O. The molecule has 0 spiro atoms. The Labute approximate surface area is 192 Å². The number of carbonyl (C=O) groups excluding carboxylic acids is 1. The fourth-order valence-corrected chi connectivity index (χ4v) is 4.60. The number of amides is 1. The maximum absolute atomic E-state index is 13.3. The summed E-state index contributed by atoms with van der Waals surface area (Å²) in [5.74, 6) is 0.575. The molecule has 3 rings (SSSR count). The number of methoxy groups -OCH3 is 2. The molecule has 0 unspecified atom stereocenters. The molecule has 32 heavy (non-hydrogen) atoms. The number of hydrogen-bond acceptors (Lipinski definition) is 6. The Hall–Kier alpha value is -2.84. The summed E-state index contributed by atoms with van der Waals surface area (Å²) in [5, 5.41) is 3.56. The Kier molecular flexibility index (Phi) is 7.93. The van der Waals surface area contributed by atoms with Gasteiger partial charge in [-0.2, -0.15) is 0 Å². The van der Waals surface area contributed by atoms with Gasteiger partial charge in [0.2, 0.25) is 5.91 Å². The summed E-state index contributed by atoms with van der Waals surface area (Å²) in [6.07, 6.45) is 0. The molecular weight excluding hydrogens is 426 g/mol. The summed E-state index contributed by atoms with van der Waals surface area (Å²) in [4.78, 5) is 31.2. The number of hydrogen-bond donors (Lipinski definition) is 1. The van der Waals surface area contributed by atoms with E-state index in [1.54, 1.807) is 49.1 Å². The molecule has 8 heteroatoms. The van der Waals surface area contributed by atoms with E-state index in [1.807, 2.05) is 39.0 Å². The Morgan fingerprint density at radius 1 is 1.09 bits per heavy atom. The van der Waals surface area contributed by atoms with Crippen LogP contribution in [0.2, 0.25) is 0 Å². The molecule has 0 aliphatic rings. The van der Waals surface area contributed by atoms with Crippen molar-refractivity contribution in [3.8, 4) is 5.75 Å². The number of carbonyl (C=O) groups is 1. The van der Waals surface area contributed by atoms with Crippen LogP contribution in [0.1, 0.15) is 26.8 Å². The van der Waals surface area contributed by atoms with Crippen LogP contribution in [0, 0.1) is 5.92 Å². The van der Waals surface area contributed by atoms with Crippen LogP contribution in [-0.4, -0.2) is 41.5 Å². The second-order valence-corrected chi connectivity index (χ2v) is 9.00. The molecule has 0 bridgehead atoms. The standard InChI is InChI=1S/C24H29N3O4S/c1-15(2)21(22(28)25-17-10-12-18(31-5)13-11-17)32-24-26-20-9-7-6-8-19(20)23(29)27(24)16(3)14-30-4/h6-13,15-16,21H,14H2,1-5H3,(H,25,28)/t16-,21-/m1/s1. The van der Waals surface area contributed by atoms with E-state index in [2.05, 4.69) is 5.32 Å². The topological polar surface area (TPSA) is 82.4 Å². The molecule has 0 aliphatic carbocycles. The van der Waals surface area contributed by atoms with Crippen LogP contribution in [0.4, 0.5) is 5.69 Å². The van der Waals surface area contributed by atoms with Gasteiger partial charge in [0.1, 0.15) is 5.75 Å². The third-order valence-electron chi connectivity index (χ3n) is 5.08. The third-order valence-corrected chi connectivity index (χ3v) is 6.59. The number of benzene rings is 2. The molecule has 0 saturated heterocycles. The molecule has 1 heterocycles. The lowest BCUT2D eigenvalue weighted by molar-refractivity contribution is -0.116. The summed E-state index contributed by atoms with van der Waals surface area (Å²) in [5.41, 5.74) is 1.15. The number of anilines is 1. The van der Waals surface area contributed by atoms with Gasteiger partial charge in [0, 0.05) is 12.8 Å². The van der Waals surface area contributed by atoms with E-state index < -0.39 is 5.25 Å². The molecule has 170 valence electrons. The van der Waals surface area contributed by atoms with Crippen LogP contribution in [0.3, 0.4) is 0 Å². The highest BCUT2D eigenvalue weighted by molar-refractivity contribution is 8.00. The maximum Gasteiger partial charge on any atom is 0.262 e. The van der Waals surface area contributed by atoms with E-state index >= 15 is 0 Å². The lowest BCUT2D eigenvalue weighted by atomic mass is 10.1. The zero-order valence-electron chi connectivity index (χ0n) is 19.0. The molecule has 2 atom stereocenters. The van der Waals surface area contributed by atoms with E-state index in [-0.39, 0.29) is 23.4 Å². The van der Waals surface area contributed by atoms with Crippen molar-refractivity contribution in [2.45, 2.75) is 37.2 Å². The molecule has 1 amide bonds. The number of nitrogens with zero attached hydrogens (tertiary/aromatic N) is 2. The van der Waals surface area contributed by atoms with Crippen molar-refractivity contribution < 1.29 is 14.3 Å². The molecule has 0 aliphatic heterocycles. The third kappa shape index (κ3) is 5.31. The first kappa shape index (κ1) is 23.8. The summed E-state index contributed by atoms with van der Waals surface area (Å²) >= 11 is 1.30. The van der Waals surface area contributed by atoms with Gasteiger partial charge in [0.25, 0.3) is 5.56 Å². The number of thioether (sulfide) groups is 1. The largest absolute Gasteiger partial charge is 0.497 e. The van der Waals surface area contributed by atoms with E-state index in [4.69, 9.17) is 14.5 Å². The molecule has 1 N–H and O–H groups in total.